The lowest BCUT2D eigenvalue weighted by atomic mass is 10.1. The van der Waals surface area contributed by atoms with E-state index in [9.17, 15) is 23.1 Å². The fraction of sp³-hybridized carbons (Fsp3) is 0.462. The average molecular weight is 306 g/mol. The van der Waals surface area contributed by atoms with E-state index in [-0.39, 0.29) is 24.4 Å². The summed E-state index contributed by atoms with van der Waals surface area (Å²) in [5.41, 5.74) is -0.819. The Bertz CT molecular complexity index is 492. The summed E-state index contributed by atoms with van der Waals surface area (Å²) in [5.74, 6) is 0. The number of aliphatic hydroxyl groups excluding tert-OH is 1. The SMILES string of the molecule is COCC(O)CNC(=O)Nc1cccc(C(F)(F)F)c1C. The number of rotatable bonds is 5. The van der Waals surface area contributed by atoms with Gasteiger partial charge in [-0.25, -0.2) is 4.79 Å². The van der Waals surface area contributed by atoms with Crippen molar-refractivity contribution in [2.75, 3.05) is 25.6 Å². The Morgan fingerprint density at radius 3 is 2.67 bits per heavy atom. The van der Waals surface area contributed by atoms with Crippen molar-refractivity contribution in [3.05, 3.63) is 29.3 Å². The zero-order valence-electron chi connectivity index (χ0n) is 11.6. The highest BCUT2D eigenvalue weighted by Crippen LogP contribution is 2.34. The zero-order chi connectivity index (χ0) is 16.0. The third-order valence-corrected chi connectivity index (χ3v) is 2.74. The standard InChI is InChI=1S/C13H17F3N2O3/c1-8-10(13(14,15)16)4-3-5-11(8)18-12(20)17-6-9(19)7-21-2/h3-5,9,19H,6-7H2,1-2H3,(H2,17,18,20). The van der Waals surface area contributed by atoms with Crippen LogP contribution in [0, 0.1) is 6.92 Å². The molecule has 0 saturated carbocycles. The first kappa shape index (κ1) is 17.3. The lowest BCUT2D eigenvalue weighted by molar-refractivity contribution is -0.138. The van der Waals surface area contributed by atoms with E-state index in [0.29, 0.717) is 0 Å². The van der Waals surface area contributed by atoms with Crippen molar-refractivity contribution in [3.63, 3.8) is 0 Å². The molecule has 0 radical (unpaired) electrons. The van der Waals surface area contributed by atoms with Crippen molar-refractivity contribution in [2.45, 2.75) is 19.2 Å². The summed E-state index contributed by atoms with van der Waals surface area (Å²) in [6.45, 7) is 1.25. The quantitative estimate of drug-likeness (QED) is 0.780. The van der Waals surface area contributed by atoms with E-state index < -0.39 is 23.9 Å². The fourth-order valence-electron chi connectivity index (χ4n) is 1.71. The number of carbonyl (C=O) groups excluding carboxylic acids is 1. The number of methoxy groups -OCH3 is 1. The molecule has 8 heteroatoms. The molecule has 1 rings (SSSR count). The summed E-state index contributed by atoms with van der Waals surface area (Å²) in [5, 5.41) is 14.0. The number of ether oxygens (including phenoxy) is 1. The van der Waals surface area contributed by atoms with Crippen LogP contribution in [0.1, 0.15) is 11.1 Å². The first-order valence-corrected chi connectivity index (χ1v) is 6.14. The lowest BCUT2D eigenvalue weighted by Gasteiger charge is -2.16. The highest BCUT2D eigenvalue weighted by atomic mass is 19.4. The maximum absolute atomic E-state index is 12.7. The van der Waals surface area contributed by atoms with E-state index in [1.807, 2.05) is 0 Å². The molecule has 0 fully saturated rings. The molecular weight excluding hydrogens is 289 g/mol. The Labute approximate surface area is 120 Å². The number of amides is 2. The number of aliphatic hydroxyl groups is 1. The molecule has 0 saturated heterocycles. The van der Waals surface area contributed by atoms with E-state index in [1.54, 1.807) is 0 Å². The van der Waals surface area contributed by atoms with Crippen molar-refractivity contribution in [3.8, 4) is 0 Å². The zero-order valence-corrected chi connectivity index (χ0v) is 11.6. The van der Waals surface area contributed by atoms with Gasteiger partial charge in [0.1, 0.15) is 0 Å². The van der Waals surface area contributed by atoms with Gasteiger partial charge in [0.15, 0.2) is 0 Å². The minimum atomic E-state index is -4.48. The summed E-state index contributed by atoms with van der Waals surface area (Å²) in [6, 6.07) is 2.83. The van der Waals surface area contributed by atoms with Crippen LogP contribution < -0.4 is 10.6 Å². The Balaban J connectivity index is 2.69. The second-order valence-corrected chi connectivity index (χ2v) is 4.42. The number of urea groups is 1. The number of halogens is 3. The predicted octanol–water partition coefficient (Wildman–Crippen LogP) is 2.14. The number of alkyl halides is 3. The van der Waals surface area contributed by atoms with Gasteiger partial charge in [0.25, 0.3) is 0 Å². The van der Waals surface area contributed by atoms with Crippen molar-refractivity contribution < 1.29 is 27.8 Å². The third kappa shape index (κ3) is 5.24. The second-order valence-electron chi connectivity index (χ2n) is 4.42. The molecule has 0 spiro atoms. The van der Waals surface area contributed by atoms with Crippen LogP contribution in [0.25, 0.3) is 0 Å². The first-order chi connectivity index (χ1) is 9.75. The van der Waals surface area contributed by atoms with Gasteiger partial charge in [-0.2, -0.15) is 13.2 Å². The number of hydrogen-bond donors (Lipinski definition) is 3. The van der Waals surface area contributed by atoms with E-state index in [0.717, 1.165) is 6.07 Å². The molecular formula is C13H17F3N2O3. The third-order valence-electron chi connectivity index (χ3n) is 2.74. The largest absolute Gasteiger partial charge is 0.416 e. The average Bonchev–Trinajstić information content (AvgIpc) is 2.38. The Morgan fingerprint density at radius 2 is 2.10 bits per heavy atom. The molecule has 0 aliphatic carbocycles. The monoisotopic (exact) mass is 306 g/mol. The molecule has 118 valence electrons. The molecule has 0 aliphatic rings. The molecule has 1 atom stereocenters. The van der Waals surface area contributed by atoms with Gasteiger partial charge in [0.2, 0.25) is 0 Å². The maximum Gasteiger partial charge on any atom is 0.416 e. The fourth-order valence-corrected chi connectivity index (χ4v) is 1.71. The van der Waals surface area contributed by atoms with E-state index in [4.69, 9.17) is 0 Å². The van der Waals surface area contributed by atoms with Crippen LogP contribution in [-0.4, -0.2) is 37.5 Å². The molecule has 1 unspecified atom stereocenters. The number of benzene rings is 1. The van der Waals surface area contributed by atoms with Gasteiger partial charge in [-0.3, -0.25) is 0 Å². The molecule has 0 aromatic heterocycles. The highest BCUT2D eigenvalue weighted by molar-refractivity contribution is 5.90. The lowest BCUT2D eigenvalue weighted by Crippen LogP contribution is -2.37. The molecule has 0 bridgehead atoms. The van der Waals surface area contributed by atoms with Gasteiger partial charge in [-0.1, -0.05) is 6.07 Å². The summed E-state index contributed by atoms with van der Waals surface area (Å²) >= 11 is 0. The molecule has 5 nitrogen and oxygen atoms in total. The van der Waals surface area contributed by atoms with Gasteiger partial charge < -0.3 is 20.5 Å². The number of nitrogens with one attached hydrogen (secondary N) is 2. The molecule has 1 aromatic rings. The summed E-state index contributed by atoms with van der Waals surface area (Å²) in [7, 11) is 1.40. The van der Waals surface area contributed by atoms with Crippen LogP contribution >= 0.6 is 0 Å². The van der Waals surface area contributed by atoms with Gasteiger partial charge in [0.05, 0.1) is 18.3 Å². The smallest absolute Gasteiger partial charge is 0.389 e. The predicted molar refractivity (Wildman–Crippen MR) is 71.1 cm³/mol. The Morgan fingerprint density at radius 1 is 1.43 bits per heavy atom. The van der Waals surface area contributed by atoms with Crippen LogP contribution in [0.15, 0.2) is 18.2 Å². The Kier molecular flexibility index (Phi) is 5.98. The van der Waals surface area contributed by atoms with E-state index >= 15 is 0 Å². The summed E-state index contributed by atoms with van der Waals surface area (Å²) < 4.78 is 42.9. The van der Waals surface area contributed by atoms with Gasteiger partial charge in [-0.05, 0) is 24.6 Å². The number of carbonyl (C=O) groups is 1. The topological polar surface area (TPSA) is 70.6 Å². The van der Waals surface area contributed by atoms with E-state index in [1.165, 1.54) is 26.2 Å². The normalized spacial score (nSPS) is 12.9. The van der Waals surface area contributed by atoms with Crippen LogP contribution in [0.2, 0.25) is 0 Å². The molecule has 1 aromatic carbocycles. The van der Waals surface area contributed by atoms with Crippen LogP contribution in [0.3, 0.4) is 0 Å². The van der Waals surface area contributed by atoms with Crippen LogP contribution in [-0.2, 0) is 10.9 Å². The molecule has 21 heavy (non-hydrogen) atoms. The molecule has 3 N–H and O–H groups in total. The van der Waals surface area contributed by atoms with Gasteiger partial charge >= 0.3 is 12.2 Å². The van der Waals surface area contributed by atoms with Crippen molar-refractivity contribution in [1.29, 1.82) is 0 Å². The Hall–Kier alpha value is -1.80. The van der Waals surface area contributed by atoms with E-state index in [2.05, 4.69) is 15.4 Å². The number of anilines is 1. The second kappa shape index (κ2) is 7.28. The minimum absolute atomic E-state index is 0.0445. The van der Waals surface area contributed by atoms with Crippen molar-refractivity contribution in [1.82, 2.24) is 5.32 Å². The van der Waals surface area contributed by atoms with Gasteiger partial charge in [0, 0.05) is 19.3 Å². The van der Waals surface area contributed by atoms with Crippen molar-refractivity contribution >= 4 is 11.7 Å². The van der Waals surface area contributed by atoms with Crippen molar-refractivity contribution in [2.24, 2.45) is 0 Å². The van der Waals surface area contributed by atoms with Gasteiger partial charge in [-0.15, -0.1) is 0 Å². The molecule has 0 aliphatic heterocycles. The highest BCUT2D eigenvalue weighted by Gasteiger charge is 2.33. The first-order valence-electron chi connectivity index (χ1n) is 6.14. The molecule has 0 heterocycles. The van der Waals surface area contributed by atoms with Crippen LogP contribution in [0.4, 0.5) is 23.7 Å². The molecule has 2 amide bonds. The van der Waals surface area contributed by atoms with Crippen LogP contribution in [0.5, 0.6) is 0 Å². The summed E-state index contributed by atoms with van der Waals surface area (Å²) in [6.07, 6.45) is -5.37. The number of hydrogen-bond acceptors (Lipinski definition) is 3. The minimum Gasteiger partial charge on any atom is -0.389 e. The maximum atomic E-state index is 12.7. The summed E-state index contributed by atoms with van der Waals surface area (Å²) in [4.78, 5) is 11.6.